The molecule has 0 bridgehead atoms. The fourth-order valence-corrected chi connectivity index (χ4v) is 2.52. The summed E-state index contributed by atoms with van der Waals surface area (Å²) < 4.78 is 5.70. The van der Waals surface area contributed by atoms with E-state index in [2.05, 4.69) is 12.2 Å². The molecule has 3 heteroatoms. The second-order valence-electron chi connectivity index (χ2n) is 4.55. The third-order valence-corrected chi connectivity index (χ3v) is 3.27. The summed E-state index contributed by atoms with van der Waals surface area (Å²) >= 11 is 0. The van der Waals surface area contributed by atoms with Crippen molar-refractivity contribution >= 4 is 11.5 Å². The van der Waals surface area contributed by atoms with Crippen LogP contribution in [0.1, 0.15) is 35.7 Å². The lowest BCUT2D eigenvalue weighted by molar-refractivity contribution is 0.0984. The van der Waals surface area contributed by atoms with Gasteiger partial charge in [0.15, 0.2) is 5.78 Å². The number of fused-ring (bicyclic) bond motifs is 3. The standard InChI is InChI=1S/C13H15NO2/c1-8-7-10-12(16-8)5-4-9-11(15)3-2-6-14-13(9)10/h4-5,8,14H,2-3,6-7H2,1H3. The highest BCUT2D eigenvalue weighted by molar-refractivity contribution is 6.03. The number of ketones is 1. The average molecular weight is 217 g/mol. The number of carbonyl (C=O) groups is 1. The first kappa shape index (κ1) is 9.70. The van der Waals surface area contributed by atoms with Crippen molar-refractivity contribution in [2.75, 3.05) is 11.9 Å². The summed E-state index contributed by atoms with van der Waals surface area (Å²) in [7, 11) is 0. The van der Waals surface area contributed by atoms with Gasteiger partial charge in [-0.25, -0.2) is 0 Å². The van der Waals surface area contributed by atoms with Crippen LogP contribution in [0.2, 0.25) is 0 Å². The average Bonchev–Trinajstić information content (AvgIpc) is 2.54. The Hall–Kier alpha value is -1.51. The Bertz CT molecular complexity index is 453. The van der Waals surface area contributed by atoms with Gasteiger partial charge in [-0.05, 0) is 25.5 Å². The predicted octanol–water partition coefficient (Wildman–Crippen LogP) is 2.40. The van der Waals surface area contributed by atoms with E-state index in [1.807, 2.05) is 12.1 Å². The quantitative estimate of drug-likeness (QED) is 0.725. The first-order valence-corrected chi connectivity index (χ1v) is 5.85. The van der Waals surface area contributed by atoms with Crippen molar-refractivity contribution in [2.45, 2.75) is 32.3 Å². The summed E-state index contributed by atoms with van der Waals surface area (Å²) in [5, 5.41) is 3.38. The van der Waals surface area contributed by atoms with Gasteiger partial charge in [0.05, 0.1) is 5.69 Å². The molecule has 0 amide bonds. The van der Waals surface area contributed by atoms with Crippen molar-refractivity contribution in [2.24, 2.45) is 0 Å². The molecule has 2 aliphatic rings. The molecular weight excluding hydrogens is 202 g/mol. The van der Waals surface area contributed by atoms with Gasteiger partial charge in [-0.3, -0.25) is 4.79 Å². The third-order valence-electron chi connectivity index (χ3n) is 3.27. The molecule has 84 valence electrons. The molecule has 2 heterocycles. The fourth-order valence-electron chi connectivity index (χ4n) is 2.52. The lowest BCUT2D eigenvalue weighted by atomic mass is 10.00. The molecule has 0 radical (unpaired) electrons. The maximum Gasteiger partial charge on any atom is 0.165 e. The summed E-state index contributed by atoms with van der Waals surface area (Å²) in [5.74, 6) is 1.19. The minimum Gasteiger partial charge on any atom is -0.490 e. The van der Waals surface area contributed by atoms with Crippen molar-refractivity contribution in [3.63, 3.8) is 0 Å². The second kappa shape index (κ2) is 3.51. The topological polar surface area (TPSA) is 38.3 Å². The summed E-state index contributed by atoms with van der Waals surface area (Å²) in [6, 6.07) is 3.83. The largest absolute Gasteiger partial charge is 0.490 e. The molecule has 1 unspecified atom stereocenters. The van der Waals surface area contributed by atoms with Crippen LogP contribution in [0.3, 0.4) is 0 Å². The maximum absolute atomic E-state index is 11.9. The molecule has 0 spiro atoms. The van der Waals surface area contributed by atoms with Crippen LogP contribution in [0, 0.1) is 0 Å². The van der Waals surface area contributed by atoms with Gasteiger partial charge < -0.3 is 10.1 Å². The molecule has 3 nitrogen and oxygen atoms in total. The van der Waals surface area contributed by atoms with Crippen molar-refractivity contribution in [1.29, 1.82) is 0 Å². The van der Waals surface area contributed by atoms with Crippen molar-refractivity contribution < 1.29 is 9.53 Å². The van der Waals surface area contributed by atoms with Gasteiger partial charge in [-0.2, -0.15) is 0 Å². The summed E-state index contributed by atoms with van der Waals surface area (Å²) in [6.07, 6.45) is 2.69. The summed E-state index contributed by atoms with van der Waals surface area (Å²) in [5.41, 5.74) is 3.04. The van der Waals surface area contributed by atoms with Crippen LogP contribution in [-0.4, -0.2) is 18.4 Å². The number of anilines is 1. The van der Waals surface area contributed by atoms with E-state index in [4.69, 9.17) is 4.74 Å². The van der Waals surface area contributed by atoms with Crippen LogP contribution in [0.15, 0.2) is 12.1 Å². The van der Waals surface area contributed by atoms with Crippen LogP contribution in [0.25, 0.3) is 0 Å². The fraction of sp³-hybridized carbons (Fsp3) is 0.462. The Labute approximate surface area is 94.8 Å². The number of nitrogens with one attached hydrogen (secondary N) is 1. The monoisotopic (exact) mass is 217 g/mol. The number of rotatable bonds is 0. The van der Waals surface area contributed by atoms with Gasteiger partial charge in [-0.1, -0.05) is 0 Å². The number of hydrogen-bond donors (Lipinski definition) is 1. The van der Waals surface area contributed by atoms with E-state index in [0.717, 1.165) is 36.4 Å². The Morgan fingerprint density at radius 1 is 1.44 bits per heavy atom. The highest BCUT2D eigenvalue weighted by Gasteiger charge is 2.26. The Morgan fingerprint density at radius 3 is 3.19 bits per heavy atom. The molecule has 0 fully saturated rings. The number of benzene rings is 1. The molecule has 1 aromatic rings. The van der Waals surface area contributed by atoms with E-state index in [-0.39, 0.29) is 11.9 Å². The van der Waals surface area contributed by atoms with Crippen LogP contribution in [0.4, 0.5) is 5.69 Å². The van der Waals surface area contributed by atoms with Crippen molar-refractivity contribution in [3.05, 3.63) is 23.3 Å². The smallest absolute Gasteiger partial charge is 0.165 e. The predicted molar refractivity (Wildman–Crippen MR) is 62.3 cm³/mol. The van der Waals surface area contributed by atoms with E-state index >= 15 is 0 Å². The van der Waals surface area contributed by atoms with Gasteiger partial charge in [0.1, 0.15) is 11.9 Å². The van der Waals surface area contributed by atoms with Crippen molar-refractivity contribution in [3.8, 4) is 5.75 Å². The molecule has 0 aromatic heterocycles. The molecule has 0 aliphatic carbocycles. The molecule has 0 saturated carbocycles. The Morgan fingerprint density at radius 2 is 2.31 bits per heavy atom. The lowest BCUT2D eigenvalue weighted by Gasteiger charge is -2.10. The Kier molecular flexibility index (Phi) is 2.13. The summed E-state index contributed by atoms with van der Waals surface area (Å²) in [6.45, 7) is 2.94. The lowest BCUT2D eigenvalue weighted by Crippen LogP contribution is -2.06. The molecule has 1 aromatic carbocycles. The van der Waals surface area contributed by atoms with Gasteiger partial charge in [0, 0.05) is 30.5 Å². The van der Waals surface area contributed by atoms with Gasteiger partial charge in [-0.15, -0.1) is 0 Å². The molecule has 3 rings (SSSR count). The number of Topliss-reactive ketones (excluding diaryl/α,β-unsaturated/α-hetero) is 1. The van der Waals surface area contributed by atoms with E-state index in [0.29, 0.717) is 6.42 Å². The first-order valence-electron chi connectivity index (χ1n) is 5.85. The normalized spacial score (nSPS) is 22.8. The first-order chi connectivity index (χ1) is 7.75. The Balaban J connectivity index is 2.14. The van der Waals surface area contributed by atoms with Gasteiger partial charge >= 0.3 is 0 Å². The summed E-state index contributed by atoms with van der Waals surface area (Å²) in [4.78, 5) is 11.9. The number of hydrogen-bond acceptors (Lipinski definition) is 3. The molecule has 1 atom stereocenters. The van der Waals surface area contributed by atoms with E-state index in [9.17, 15) is 4.79 Å². The second-order valence-corrected chi connectivity index (χ2v) is 4.55. The molecular formula is C13H15NO2. The van der Waals surface area contributed by atoms with E-state index in [1.54, 1.807) is 0 Å². The number of carbonyl (C=O) groups excluding carboxylic acids is 1. The maximum atomic E-state index is 11.9. The molecule has 1 N–H and O–H groups in total. The van der Waals surface area contributed by atoms with Crippen LogP contribution < -0.4 is 10.1 Å². The van der Waals surface area contributed by atoms with E-state index in [1.165, 1.54) is 5.56 Å². The SMILES string of the molecule is CC1Cc2c(ccc3c2NCCCC3=O)O1. The zero-order chi connectivity index (χ0) is 11.1. The van der Waals surface area contributed by atoms with Gasteiger partial charge in [0.2, 0.25) is 0 Å². The van der Waals surface area contributed by atoms with Crippen LogP contribution in [0.5, 0.6) is 5.75 Å². The minimum atomic E-state index is 0.224. The highest BCUT2D eigenvalue weighted by atomic mass is 16.5. The molecule has 16 heavy (non-hydrogen) atoms. The van der Waals surface area contributed by atoms with E-state index < -0.39 is 0 Å². The zero-order valence-electron chi connectivity index (χ0n) is 9.38. The molecule has 2 aliphatic heterocycles. The number of ether oxygens (including phenoxy) is 1. The van der Waals surface area contributed by atoms with Gasteiger partial charge in [0.25, 0.3) is 0 Å². The highest BCUT2D eigenvalue weighted by Crippen LogP contribution is 2.38. The van der Waals surface area contributed by atoms with Crippen molar-refractivity contribution in [1.82, 2.24) is 0 Å². The molecule has 0 saturated heterocycles. The van der Waals surface area contributed by atoms with Crippen LogP contribution in [-0.2, 0) is 6.42 Å². The van der Waals surface area contributed by atoms with Crippen LogP contribution >= 0.6 is 0 Å². The zero-order valence-corrected chi connectivity index (χ0v) is 9.38. The minimum absolute atomic E-state index is 0.224. The third kappa shape index (κ3) is 1.39.